The predicted molar refractivity (Wildman–Crippen MR) is 195 cm³/mol. The highest BCUT2D eigenvalue weighted by atomic mass is 19.1. The maximum absolute atomic E-state index is 14.7. The van der Waals surface area contributed by atoms with E-state index in [4.69, 9.17) is 9.47 Å². The maximum atomic E-state index is 14.7. The molecule has 4 atom stereocenters. The molecule has 1 N–H and O–H groups in total. The Morgan fingerprint density at radius 3 is 2.13 bits per heavy atom. The third-order valence-electron chi connectivity index (χ3n) is 9.04. The van der Waals surface area contributed by atoms with Crippen LogP contribution >= 0.6 is 0 Å². The van der Waals surface area contributed by atoms with Crippen LogP contribution < -0.4 is 10.1 Å². The second kappa shape index (κ2) is 16.8. The van der Waals surface area contributed by atoms with Gasteiger partial charge in [0.1, 0.15) is 46.9 Å². The summed E-state index contributed by atoms with van der Waals surface area (Å²) in [6, 6.07) is 9.08. The first-order valence-electron chi connectivity index (χ1n) is 17.7. The Labute approximate surface area is 310 Å². The number of aromatic nitrogens is 2. The number of carbonyl (C=O) groups excluding carboxylic acids is 4. The van der Waals surface area contributed by atoms with Gasteiger partial charge in [-0.1, -0.05) is 32.9 Å². The zero-order valence-corrected chi connectivity index (χ0v) is 32.1. The largest absolute Gasteiger partial charge is 0.489 e. The van der Waals surface area contributed by atoms with Crippen LogP contribution in [-0.2, 0) is 27.8 Å². The van der Waals surface area contributed by atoms with E-state index < -0.39 is 59.0 Å². The third-order valence-corrected chi connectivity index (χ3v) is 9.04. The van der Waals surface area contributed by atoms with Crippen LogP contribution in [0.5, 0.6) is 5.75 Å². The molecule has 2 heterocycles. The van der Waals surface area contributed by atoms with E-state index in [9.17, 15) is 28.0 Å². The van der Waals surface area contributed by atoms with Crippen molar-refractivity contribution in [1.82, 2.24) is 29.6 Å². The number of nitrogens with one attached hydrogen (secondary N) is 1. The number of hydrogen-bond acceptors (Lipinski definition) is 7. The second-order valence-corrected chi connectivity index (χ2v) is 15.7. The molecule has 4 rings (SSSR count). The van der Waals surface area contributed by atoms with Crippen molar-refractivity contribution in [3.8, 4) is 5.75 Å². The van der Waals surface area contributed by atoms with E-state index in [-0.39, 0.29) is 37.1 Å². The fraction of sp³-hybridized carbons (Fsp3) is 0.513. The minimum absolute atomic E-state index is 0.105. The number of ether oxygens (including phenoxy) is 2. The van der Waals surface area contributed by atoms with Gasteiger partial charge in [-0.3, -0.25) is 19.3 Å². The van der Waals surface area contributed by atoms with Crippen molar-refractivity contribution in [2.24, 2.45) is 12.5 Å². The van der Waals surface area contributed by atoms with E-state index in [1.807, 2.05) is 20.8 Å². The average molecular weight is 739 g/mol. The Kier molecular flexibility index (Phi) is 12.9. The predicted octanol–water partition coefficient (Wildman–Crippen LogP) is 5.22. The van der Waals surface area contributed by atoms with Crippen LogP contribution in [0.1, 0.15) is 70.9 Å². The first-order valence-corrected chi connectivity index (χ1v) is 17.7. The molecule has 2 aromatic carbocycles. The summed E-state index contributed by atoms with van der Waals surface area (Å²) in [6.45, 7) is 12.7. The van der Waals surface area contributed by atoms with E-state index in [1.54, 1.807) is 67.4 Å². The molecule has 0 unspecified atom stereocenters. The number of likely N-dealkylation sites (tertiary alicyclic amines) is 1. The smallest absolute Gasteiger partial charge is 0.410 e. The molecule has 1 aliphatic heterocycles. The van der Waals surface area contributed by atoms with Gasteiger partial charge in [-0.2, -0.15) is 0 Å². The van der Waals surface area contributed by atoms with Gasteiger partial charge in [-0.05, 0) is 81.5 Å². The molecule has 53 heavy (non-hydrogen) atoms. The number of amides is 4. The van der Waals surface area contributed by atoms with Gasteiger partial charge in [0.15, 0.2) is 0 Å². The summed E-state index contributed by atoms with van der Waals surface area (Å²) < 4.78 is 40.7. The zero-order chi connectivity index (χ0) is 39.2. The summed E-state index contributed by atoms with van der Waals surface area (Å²) in [7, 11) is 3.22. The van der Waals surface area contributed by atoms with E-state index in [2.05, 4.69) is 10.3 Å². The number of aryl methyl sites for hydroxylation is 1. The van der Waals surface area contributed by atoms with Crippen molar-refractivity contribution < 1.29 is 37.4 Å². The molecular formula is C39H52F2N6O6. The number of benzene rings is 2. The van der Waals surface area contributed by atoms with Crippen molar-refractivity contribution in [1.29, 1.82) is 0 Å². The van der Waals surface area contributed by atoms with Crippen molar-refractivity contribution in [2.45, 2.75) is 91.1 Å². The molecule has 0 bridgehead atoms. The summed E-state index contributed by atoms with van der Waals surface area (Å²) in [5, 5.41) is 2.89. The van der Waals surface area contributed by atoms with Gasteiger partial charge in [-0.15, -0.1) is 0 Å². The molecule has 12 nitrogen and oxygen atoms in total. The van der Waals surface area contributed by atoms with E-state index in [1.165, 1.54) is 54.7 Å². The standard InChI is InChI=1S/C39H52F2N6O6/c1-25(45(9)37(51)53-39(5,6)7)34(48)43-33(38(2,3)4)36(50)47-22-31(52-30-16-14-28(41)15-17-30)20-29(47)21-46(35(49)32-23-44(8)24-42-32)19-18-26-10-12-27(40)13-11-26/h10-17,23-25,29,31,33H,18-22H2,1-9H3,(H,43,48)/t25-,29-,31-,33+/m0/s1. The number of nitrogens with zero attached hydrogens (tertiary/aromatic N) is 5. The number of carbonyl (C=O) groups is 4. The maximum Gasteiger partial charge on any atom is 0.410 e. The monoisotopic (exact) mass is 738 g/mol. The quantitative estimate of drug-likeness (QED) is 0.270. The molecule has 0 radical (unpaired) electrons. The number of rotatable bonds is 12. The summed E-state index contributed by atoms with van der Waals surface area (Å²) in [5.41, 5.74) is -0.496. The van der Waals surface area contributed by atoms with Gasteiger partial charge in [0, 0.05) is 39.8 Å². The Bertz CT molecular complexity index is 1730. The van der Waals surface area contributed by atoms with E-state index >= 15 is 0 Å². The van der Waals surface area contributed by atoms with Crippen LogP contribution in [0.3, 0.4) is 0 Å². The lowest BCUT2D eigenvalue weighted by Gasteiger charge is -2.38. The lowest BCUT2D eigenvalue weighted by Crippen LogP contribution is -2.60. The van der Waals surface area contributed by atoms with Gasteiger partial charge in [-0.25, -0.2) is 18.6 Å². The molecule has 4 amide bonds. The van der Waals surface area contributed by atoms with Gasteiger partial charge in [0.2, 0.25) is 11.8 Å². The molecule has 1 aromatic heterocycles. The molecule has 0 saturated carbocycles. The molecule has 0 aliphatic carbocycles. The van der Waals surface area contributed by atoms with Crippen LogP contribution in [0.2, 0.25) is 0 Å². The Balaban J connectivity index is 1.63. The highest BCUT2D eigenvalue weighted by molar-refractivity contribution is 5.93. The molecule has 1 aliphatic rings. The summed E-state index contributed by atoms with van der Waals surface area (Å²) in [5.74, 6) is -1.65. The molecule has 0 spiro atoms. The van der Waals surface area contributed by atoms with Crippen LogP contribution in [0.25, 0.3) is 0 Å². The number of likely N-dealkylation sites (N-methyl/N-ethyl adjacent to an activating group) is 1. The van der Waals surface area contributed by atoms with Crippen LogP contribution in [0.4, 0.5) is 13.6 Å². The molecular weight excluding hydrogens is 686 g/mol. The highest BCUT2D eigenvalue weighted by Gasteiger charge is 2.44. The minimum atomic E-state index is -1.03. The molecule has 14 heteroatoms. The number of imidazole rings is 1. The summed E-state index contributed by atoms with van der Waals surface area (Å²) in [4.78, 5) is 63.7. The topological polar surface area (TPSA) is 126 Å². The molecule has 288 valence electrons. The normalized spacial score (nSPS) is 17.2. The Hall–Kier alpha value is -5.01. The second-order valence-electron chi connectivity index (χ2n) is 15.7. The Morgan fingerprint density at radius 1 is 0.981 bits per heavy atom. The van der Waals surface area contributed by atoms with Crippen molar-refractivity contribution >= 4 is 23.8 Å². The van der Waals surface area contributed by atoms with Crippen LogP contribution in [0, 0.1) is 17.0 Å². The van der Waals surface area contributed by atoms with Gasteiger partial charge in [0.25, 0.3) is 5.91 Å². The van der Waals surface area contributed by atoms with Crippen LogP contribution in [0.15, 0.2) is 61.1 Å². The summed E-state index contributed by atoms with van der Waals surface area (Å²) in [6.07, 6.45) is 2.68. The first-order chi connectivity index (χ1) is 24.7. The Morgan fingerprint density at radius 2 is 1.58 bits per heavy atom. The van der Waals surface area contributed by atoms with Gasteiger partial charge in [0.05, 0.1) is 18.9 Å². The highest BCUT2D eigenvalue weighted by Crippen LogP contribution is 2.29. The molecule has 1 fully saturated rings. The van der Waals surface area contributed by atoms with E-state index in [0.717, 1.165) is 5.56 Å². The number of hydrogen-bond donors (Lipinski definition) is 1. The van der Waals surface area contributed by atoms with Crippen molar-refractivity contribution in [3.63, 3.8) is 0 Å². The van der Waals surface area contributed by atoms with E-state index in [0.29, 0.717) is 18.6 Å². The fourth-order valence-corrected chi connectivity index (χ4v) is 5.98. The minimum Gasteiger partial charge on any atom is -0.489 e. The number of halogens is 2. The van der Waals surface area contributed by atoms with Crippen LogP contribution in [-0.4, -0.2) is 105 Å². The molecule has 1 saturated heterocycles. The fourth-order valence-electron chi connectivity index (χ4n) is 5.98. The summed E-state index contributed by atoms with van der Waals surface area (Å²) >= 11 is 0. The first kappa shape index (κ1) is 40.8. The SMILES string of the molecule is C[C@@H](C(=O)N[C@H](C(=O)N1C[C@@H](Oc2ccc(F)cc2)C[C@H]1CN(CCc1ccc(F)cc1)C(=O)c1cn(C)cn1)C(C)(C)C)N(C)C(=O)OC(C)(C)C. The van der Waals surface area contributed by atoms with Gasteiger partial charge < -0.3 is 29.2 Å². The zero-order valence-electron chi connectivity index (χ0n) is 32.1. The van der Waals surface area contributed by atoms with Gasteiger partial charge >= 0.3 is 6.09 Å². The molecule has 3 aromatic rings. The van der Waals surface area contributed by atoms with Crippen molar-refractivity contribution in [2.75, 3.05) is 26.7 Å². The van der Waals surface area contributed by atoms with Crippen molar-refractivity contribution in [3.05, 3.63) is 83.9 Å². The lowest BCUT2D eigenvalue weighted by atomic mass is 9.85. The average Bonchev–Trinajstić information content (AvgIpc) is 3.70. The lowest BCUT2D eigenvalue weighted by molar-refractivity contribution is -0.141. The third kappa shape index (κ3) is 11.2.